The van der Waals surface area contributed by atoms with Gasteiger partial charge in [-0.25, -0.2) is 5.06 Å². The van der Waals surface area contributed by atoms with Crippen molar-refractivity contribution >= 4 is 48.6 Å². The lowest BCUT2D eigenvalue weighted by molar-refractivity contribution is -0.185. The van der Waals surface area contributed by atoms with Crippen LogP contribution in [-0.2, 0) is 48.7 Å². The Labute approximate surface area is 282 Å². The fourth-order valence-electron chi connectivity index (χ4n) is 3.99. The van der Waals surface area contributed by atoms with Crippen molar-refractivity contribution in [2.75, 3.05) is 26.7 Å². The fourth-order valence-corrected chi connectivity index (χ4v) is 6.08. The Morgan fingerprint density at radius 2 is 1.39 bits per heavy atom. The maximum Gasteiger partial charge on any atom is 0.343 e. The van der Waals surface area contributed by atoms with E-state index in [4.69, 9.17) is 46.6 Å². The predicted molar refractivity (Wildman–Crippen MR) is 177 cm³/mol. The van der Waals surface area contributed by atoms with E-state index in [0.717, 1.165) is 12.8 Å². The number of nitrogens with zero attached hydrogens (tertiary/aromatic N) is 1. The molecule has 0 aliphatic heterocycles. The third-order valence-electron chi connectivity index (χ3n) is 6.69. The number of unbranched alkanes of at least 4 members (excludes halogenated alkanes) is 1. The molecule has 1 amide bonds. The molecule has 0 aromatic heterocycles. The second-order valence-electron chi connectivity index (χ2n) is 12.8. The van der Waals surface area contributed by atoms with E-state index in [1.807, 2.05) is 18.2 Å². The first kappa shape index (κ1) is 39.7. The summed E-state index contributed by atoms with van der Waals surface area (Å²) in [6.45, 7) is 10.2. The third-order valence-corrected chi connectivity index (χ3v) is 9.68. The van der Waals surface area contributed by atoms with Crippen LogP contribution >= 0.6 is 30.8 Å². The maximum absolute atomic E-state index is 14.5. The van der Waals surface area contributed by atoms with Gasteiger partial charge in [-0.05, 0) is 90.5 Å². The minimum absolute atomic E-state index is 0.000795. The number of carbonyl (C=O) groups is 3. The molecule has 0 spiro atoms. The van der Waals surface area contributed by atoms with Crippen molar-refractivity contribution in [1.29, 1.82) is 0 Å². The first-order valence-electron chi connectivity index (χ1n) is 15.1. The van der Waals surface area contributed by atoms with Crippen molar-refractivity contribution < 1.29 is 42.3 Å². The van der Waals surface area contributed by atoms with Gasteiger partial charge in [0.1, 0.15) is 0 Å². The summed E-state index contributed by atoms with van der Waals surface area (Å²) < 4.78 is 36.3. The number of rotatable bonds is 17. The molecule has 1 atom stereocenters. The molecule has 13 heteroatoms. The second kappa shape index (κ2) is 18.2. The number of esters is 2. The van der Waals surface area contributed by atoms with Crippen molar-refractivity contribution in [1.82, 2.24) is 5.06 Å². The summed E-state index contributed by atoms with van der Waals surface area (Å²) in [4.78, 5) is 43.2. The molecule has 1 unspecified atom stereocenters. The maximum atomic E-state index is 14.5. The largest absolute Gasteiger partial charge is 0.438 e. The molecule has 256 valence electrons. The predicted octanol–water partition coefficient (Wildman–Crippen LogP) is 8.55. The molecule has 0 aliphatic rings. The number of ether oxygens (including phenoxy) is 2. The van der Waals surface area contributed by atoms with E-state index in [0.29, 0.717) is 18.6 Å². The molecule has 10 nitrogen and oxygen atoms in total. The number of aryl methyl sites for hydroxylation is 1. The highest BCUT2D eigenvalue weighted by atomic mass is 35.5. The molecule has 2 aromatic carbocycles. The van der Waals surface area contributed by atoms with Crippen LogP contribution in [0.2, 0.25) is 10.0 Å². The normalized spacial score (nSPS) is 12.8. The number of halogens is 2. The van der Waals surface area contributed by atoms with Gasteiger partial charge in [0.05, 0.1) is 33.1 Å². The lowest BCUT2D eigenvalue weighted by Gasteiger charge is -2.30. The van der Waals surface area contributed by atoms with Crippen molar-refractivity contribution in [2.24, 2.45) is 10.8 Å². The van der Waals surface area contributed by atoms with Gasteiger partial charge in [-0.1, -0.05) is 59.6 Å². The van der Waals surface area contributed by atoms with Gasteiger partial charge in [0.25, 0.3) is 0 Å². The molecule has 0 radical (unpaired) electrons. The van der Waals surface area contributed by atoms with Crippen LogP contribution < -0.4 is 0 Å². The Balaban J connectivity index is 2.27. The van der Waals surface area contributed by atoms with Crippen LogP contribution in [0.25, 0.3) is 0 Å². The topological polar surface area (TPSA) is 118 Å². The highest BCUT2D eigenvalue weighted by Crippen LogP contribution is 2.63. The van der Waals surface area contributed by atoms with Crippen molar-refractivity contribution in [3.63, 3.8) is 0 Å². The van der Waals surface area contributed by atoms with Crippen molar-refractivity contribution in [3.8, 4) is 0 Å². The lowest BCUT2D eigenvalue weighted by Crippen LogP contribution is -2.31. The zero-order valence-electron chi connectivity index (χ0n) is 27.7. The van der Waals surface area contributed by atoms with Crippen molar-refractivity contribution in [2.45, 2.75) is 79.8 Å². The highest BCUT2D eigenvalue weighted by molar-refractivity contribution is 7.54. The number of hydrogen-bond donors (Lipinski definition) is 0. The standard InChI is InChI=1S/C33H46Cl2NO9P/c1-24(37)36(43-20-12-11-15-25-13-9-8-10-14-25)19-18-29(26-16-17-27(34)28(35)21-26)46(40,44-22-41-30(38)32(2,3)4)45-23-42-31(39)33(5,6)7/h8-10,13-14,16-17,21,29H,11-12,15,18-20,22-23H2,1-7H3. The minimum Gasteiger partial charge on any atom is -0.438 e. The fraction of sp³-hybridized carbons (Fsp3) is 0.545. The number of hydrogen-bond acceptors (Lipinski definition) is 9. The van der Waals surface area contributed by atoms with Gasteiger partial charge in [-0.15, -0.1) is 0 Å². The van der Waals surface area contributed by atoms with E-state index >= 15 is 0 Å². The first-order valence-corrected chi connectivity index (χ1v) is 17.4. The van der Waals surface area contributed by atoms with Crippen LogP contribution in [0.5, 0.6) is 0 Å². The van der Waals surface area contributed by atoms with E-state index in [-0.39, 0.29) is 28.9 Å². The van der Waals surface area contributed by atoms with Crippen molar-refractivity contribution in [3.05, 3.63) is 69.7 Å². The van der Waals surface area contributed by atoms with Crippen LogP contribution in [0.3, 0.4) is 0 Å². The summed E-state index contributed by atoms with van der Waals surface area (Å²) in [5, 5.41) is 1.65. The molecule has 46 heavy (non-hydrogen) atoms. The first-order chi connectivity index (χ1) is 21.4. The van der Waals surface area contributed by atoms with E-state index in [9.17, 15) is 18.9 Å². The number of amides is 1. The Hall–Kier alpha value is -2.46. The molecule has 0 bridgehead atoms. The summed E-state index contributed by atoms with van der Waals surface area (Å²) in [6, 6.07) is 14.7. The molecular weight excluding hydrogens is 656 g/mol. The van der Waals surface area contributed by atoms with Gasteiger partial charge in [0.2, 0.25) is 19.5 Å². The number of carbonyl (C=O) groups excluding carboxylic acids is 3. The molecule has 0 aliphatic carbocycles. The summed E-state index contributed by atoms with van der Waals surface area (Å²) in [5.74, 6) is -1.54. The smallest absolute Gasteiger partial charge is 0.343 e. The average Bonchev–Trinajstić information content (AvgIpc) is 2.97. The lowest BCUT2D eigenvalue weighted by atomic mass is 9.98. The van der Waals surface area contributed by atoms with Gasteiger partial charge in [-0.3, -0.25) is 32.8 Å². The molecule has 0 fully saturated rings. The zero-order chi connectivity index (χ0) is 34.5. The average molecular weight is 703 g/mol. The van der Waals surface area contributed by atoms with E-state index in [1.54, 1.807) is 47.6 Å². The highest BCUT2D eigenvalue weighted by Gasteiger charge is 2.40. The molecule has 2 aromatic rings. The molecule has 0 heterocycles. The number of hydroxylamine groups is 2. The molecular formula is C33H46Cl2NO9P. The molecule has 0 saturated heterocycles. The Kier molecular flexibility index (Phi) is 15.7. The molecule has 2 rings (SSSR count). The monoisotopic (exact) mass is 701 g/mol. The summed E-state index contributed by atoms with van der Waals surface area (Å²) in [7, 11) is -4.31. The Morgan fingerprint density at radius 1 is 0.826 bits per heavy atom. The molecule has 0 N–H and O–H groups in total. The van der Waals surface area contributed by atoms with Gasteiger partial charge in [-0.2, -0.15) is 0 Å². The summed E-state index contributed by atoms with van der Waals surface area (Å²) >= 11 is 12.5. The van der Waals surface area contributed by atoms with E-state index in [2.05, 4.69) is 12.1 Å². The third kappa shape index (κ3) is 13.3. The van der Waals surface area contributed by atoms with Gasteiger partial charge < -0.3 is 9.47 Å². The second-order valence-corrected chi connectivity index (χ2v) is 15.8. The zero-order valence-corrected chi connectivity index (χ0v) is 30.1. The van der Waals surface area contributed by atoms with Crippen LogP contribution in [0.1, 0.15) is 84.5 Å². The SMILES string of the molecule is CC(=O)N(CCC(c1ccc(Cl)c(Cl)c1)P(=O)(OCOC(=O)C(C)(C)C)OCOC(=O)C(C)(C)C)OCCCCc1ccccc1. The minimum atomic E-state index is -4.31. The van der Waals surface area contributed by atoms with Gasteiger partial charge in [0.15, 0.2) is 0 Å². The molecule has 0 saturated carbocycles. The van der Waals surface area contributed by atoms with E-state index < -0.39 is 49.6 Å². The van der Waals surface area contributed by atoms with Crippen LogP contribution in [-0.4, -0.2) is 49.6 Å². The number of benzene rings is 2. The van der Waals surface area contributed by atoms with Gasteiger partial charge >= 0.3 is 19.5 Å². The summed E-state index contributed by atoms with van der Waals surface area (Å²) in [5.41, 5.74) is -1.13. The Morgan fingerprint density at radius 3 is 1.89 bits per heavy atom. The van der Waals surface area contributed by atoms with E-state index in [1.165, 1.54) is 29.7 Å². The Bertz CT molecular complexity index is 1310. The van der Waals surface area contributed by atoms with Crippen LogP contribution in [0.4, 0.5) is 0 Å². The quantitative estimate of drug-likeness (QED) is 0.0525. The van der Waals surface area contributed by atoms with Gasteiger partial charge in [0, 0.05) is 13.5 Å². The van der Waals surface area contributed by atoms with Crippen LogP contribution in [0.15, 0.2) is 48.5 Å². The van der Waals surface area contributed by atoms with Crippen LogP contribution in [0, 0.1) is 10.8 Å². The summed E-state index contributed by atoms with van der Waals surface area (Å²) in [6.07, 6.45) is 2.46.